The van der Waals surface area contributed by atoms with Gasteiger partial charge in [0.15, 0.2) is 5.11 Å². The van der Waals surface area contributed by atoms with Gasteiger partial charge in [0.25, 0.3) is 11.8 Å². The molecule has 33 heavy (non-hydrogen) atoms. The smallest absolute Gasteiger partial charge is 0.266 e. The second-order valence-corrected chi connectivity index (χ2v) is 7.75. The molecule has 2 N–H and O–H groups in total. The van der Waals surface area contributed by atoms with Gasteiger partial charge in [-0.3, -0.25) is 24.6 Å². The fourth-order valence-corrected chi connectivity index (χ4v) is 3.82. The SMILES string of the molecule is COCCNC(=O)Cn1cc(/C=C2/C(=O)NC(=S)N(Cc3ccco3)C2=O)c2ccccc21. The van der Waals surface area contributed by atoms with Gasteiger partial charge in [-0.05, 0) is 36.5 Å². The Morgan fingerprint density at radius 2 is 2.06 bits per heavy atom. The lowest BCUT2D eigenvalue weighted by Gasteiger charge is -2.28. The molecular weight excluding hydrogens is 444 g/mol. The van der Waals surface area contributed by atoms with Crippen molar-refractivity contribution in [2.45, 2.75) is 13.1 Å². The van der Waals surface area contributed by atoms with Gasteiger partial charge in [0.1, 0.15) is 17.9 Å². The first-order chi connectivity index (χ1) is 16.0. The van der Waals surface area contributed by atoms with E-state index in [1.54, 1.807) is 30.0 Å². The van der Waals surface area contributed by atoms with E-state index in [9.17, 15) is 14.4 Å². The zero-order valence-corrected chi connectivity index (χ0v) is 18.7. The highest BCUT2D eigenvalue weighted by atomic mass is 32.1. The van der Waals surface area contributed by atoms with Crippen molar-refractivity contribution >= 4 is 52.0 Å². The van der Waals surface area contributed by atoms with E-state index in [-0.39, 0.29) is 29.7 Å². The number of amides is 3. The van der Waals surface area contributed by atoms with Gasteiger partial charge in [0.2, 0.25) is 5.91 Å². The number of hydrogen-bond donors (Lipinski definition) is 2. The third-order valence-corrected chi connectivity index (χ3v) is 5.46. The summed E-state index contributed by atoms with van der Waals surface area (Å²) >= 11 is 5.19. The van der Waals surface area contributed by atoms with E-state index in [2.05, 4.69) is 10.6 Å². The molecule has 3 amide bonds. The molecule has 3 heterocycles. The van der Waals surface area contributed by atoms with E-state index < -0.39 is 11.8 Å². The van der Waals surface area contributed by atoms with Crippen molar-refractivity contribution in [2.24, 2.45) is 0 Å². The molecule has 1 fully saturated rings. The molecule has 1 aliphatic heterocycles. The van der Waals surface area contributed by atoms with E-state index in [0.29, 0.717) is 24.5 Å². The first-order valence-corrected chi connectivity index (χ1v) is 10.6. The molecule has 0 bridgehead atoms. The van der Waals surface area contributed by atoms with Gasteiger partial charge in [0.05, 0.1) is 19.4 Å². The van der Waals surface area contributed by atoms with Crippen molar-refractivity contribution in [3.05, 3.63) is 65.8 Å². The Morgan fingerprint density at radius 3 is 2.82 bits per heavy atom. The van der Waals surface area contributed by atoms with Gasteiger partial charge in [-0.25, -0.2) is 0 Å². The number of benzene rings is 1. The molecular formula is C23H22N4O5S. The number of rotatable bonds is 8. The van der Waals surface area contributed by atoms with Crippen molar-refractivity contribution in [1.29, 1.82) is 0 Å². The number of aromatic nitrogens is 1. The van der Waals surface area contributed by atoms with E-state index in [1.807, 2.05) is 24.3 Å². The third-order valence-electron chi connectivity index (χ3n) is 5.14. The summed E-state index contributed by atoms with van der Waals surface area (Å²) in [4.78, 5) is 39.3. The van der Waals surface area contributed by atoms with Crippen LogP contribution in [0.25, 0.3) is 17.0 Å². The van der Waals surface area contributed by atoms with Gasteiger partial charge < -0.3 is 19.0 Å². The van der Waals surface area contributed by atoms with Crippen LogP contribution in [0.4, 0.5) is 0 Å². The second-order valence-electron chi connectivity index (χ2n) is 7.36. The van der Waals surface area contributed by atoms with Crippen LogP contribution in [-0.2, 0) is 32.2 Å². The van der Waals surface area contributed by atoms with Crippen molar-refractivity contribution < 1.29 is 23.5 Å². The minimum atomic E-state index is -0.574. The van der Waals surface area contributed by atoms with E-state index in [4.69, 9.17) is 21.4 Å². The molecule has 2 aromatic heterocycles. The highest BCUT2D eigenvalue weighted by molar-refractivity contribution is 7.80. The van der Waals surface area contributed by atoms with E-state index >= 15 is 0 Å². The number of nitrogens with one attached hydrogen (secondary N) is 2. The molecule has 10 heteroatoms. The van der Waals surface area contributed by atoms with Gasteiger partial charge in [-0.15, -0.1) is 0 Å². The van der Waals surface area contributed by atoms with Crippen LogP contribution in [0.1, 0.15) is 11.3 Å². The number of carbonyl (C=O) groups is 3. The van der Waals surface area contributed by atoms with E-state index in [0.717, 1.165) is 10.9 Å². The average Bonchev–Trinajstić information content (AvgIpc) is 3.43. The Balaban J connectivity index is 1.64. The Bertz CT molecular complexity index is 1250. The highest BCUT2D eigenvalue weighted by Crippen LogP contribution is 2.25. The molecule has 170 valence electrons. The third kappa shape index (κ3) is 4.86. The Hall–Kier alpha value is -3.76. The maximum Gasteiger partial charge on any atom is 0.266 e. The summed E-state index contributed by atoms with van der Waals surface area (Å²) < 4.78 is 12.0. The monoisotopic (exact) mass is 466 g/mol. The maximum atomic E-state index is 13.1. The Kier molecular flexibility index (Phi) is 6.66. The molecule has 1 aromatic carbocycles. The minimum absolute atomic E-state index is 0.0220. The standard InChI is InChI=1S/C23H22N4O5S/c1-31-10-8-24-20(28)14-26-12-15(17-6-2-3-7-19(17)26)11-18-21(29)25-23(33)27(22(18)30)13-16-5-4-9-32-16/h2-7,9,11-12H,8,10,13-14H2,1H3,(H,24,28)(H,25,29,33)/b18-11-. The summed E-state index contributed by atoms with van der Waals surface area (Å²) in [5, 5.41) is 6.18. The summed E-state index contributed by atoms with van der Waals surface area (Å²) in [6.45, 7) is 1.02. The number of carbonyl (C=O) groups excluding carboxylic acids is 3. The molecule has 1 aliphatic rings. The largest absolute Gasteiger partial charge is 0.467 e. The molecule has 0 aliphatic carbocycles. The van der Waals surface area contributed by atoms with Gasteiger partial charge in [0, 0.05) is 36.3 Å². The predicted molar refractivity (Wildman–Crippen MR) is 125 cm³/mol. The van der Waals surface area contributed by atoms with Crippen LogP contribution in [0.5, 0.6) is 0 Å². The topological polar surface area (TPSA) is 106 Å². The molecule has 1 saturated heterocycles. The predicted octanol–water partition coefficient (Wildman–Crippen LogP) is 1.82. The fraction of sp³-hybridized carbons (Fsp3) is 0.217. The highest BCUT2D eigenvalue weighted by Gasteiger charge is 2.34. The van der Waals surface area contributed by atoms with Gasteiger partial charge in [-0.1, -0.05) is 18.2 Å². The van der Waals surface area contributed by atoms with Crippen LogP contribution in [0.2, 0.25) is 0 Å². The molecule has 3 aromatic rings. The Labute approximate surface area is 195 Å². The van der Waals surface area contributed by atoms with Crippen LogP contribution >= 0.6 is 12.2 Å². The van der Waals surface area contributed by atoms with Crippen molar-refractivity contribution in [2.75, 3.05) is 20.3 Å². The zero-order chi connectivity index (χ0) is 23.4. The lowest BCUT2D eigenvalue weighted by atomic mass is 10.1. The van der Waals surface area contributed by atoms with Crippen molar-refractivity contribution in [1.82, 2.24) is 20.1 Å². The normalized spacial score (nSPS) is 15.4. The van der Waals surface area contributed by atoms with E-state index in [1.165, 1.54) is 17.2 Å². The molecule has 9 nitrogen and oxygen atoms in total. The first kappa shape index (κ1) is 22.4. The summed E-state index contributed by atoms with van der Waals surface area (Å²) in [6.07, 6.45) is 4.77. The lowest BCUT2D eigenvalue weighted by molar-refractivity contribution is -0.129. The van der Waals surface area contributed by atoms with Crippen LogP contribution in [0.3, 0.4) is 0 Å². The van der Waals surface area contributed by atoms with Crippen LogP contribution in [0, 0.1) is 0 Å². The average molecular weight is 467 g/mol. The number of methoxy groups -OCH3 is 1. The summed E-state index contributed by atoms with van der Waals surface area (Å²) in [6, 6.07) is 10.9. The maximum absolute atomic E-state index is 13.1. The quantitative estimate of drug-likeness (QED) is 0.227. The molecule has 0 spiro atoms. The van der Waals surface area contributed by atoms with Crippen LogP contribution in [0.15, 0.2) is 58.8 Å². The summed E-state index contributed by atoms with van der Waals surface area (Å²) in [7, 11) is 1.57. The molecule has 0 unspecified atom stereocenters. The summed E-state index contributed by atoms with van der Waals surface area (Å²) in [5.74, 6) is -0.727. The van der Waals surface area contributed by atoms with Gasteiger partial charge >= 0.3 is 0 Å². The number of para-hydroxylation sites is 1. The number of thiocarbonyl (C=S) groups is 1. The lowest BCUT2D eigenvalue weighted by Crippen LogP contribution is -2.53. The second kappa shape index (κ2) is 9.80. The van der Waals surface area contributed by atoms with Gasteiger partial charge in [-0.2, -0.15) is 0 Å². The van der Waals surface area contributed by atoms with Crippen LogP contribution in [-0.4, -0.2) is 52.6 Å². The van der Waals surface area contributed by atoms with Crippen molar-refractivity contribution in [3.63, 3.8) is 0 Å². The zero-order valence-electron chi connectivity index (χ0n) is 17.9. The molecule has 0 atom stereocenters. The van der Waals surface area contributed by atoms with Crippen molar-refractivity contribution in [3.8, 4) is 0 Å². The fourth-order valence-electron chi connectivity index (χ4n) is 3.58. The summed E-state index contributed by atoms with van der Waals surface area (Å²) in [5.41, 5.74) is 1.39. The van der Waals surface area contributed by atoms with Crippen LogP contribution < -0.4 is 10.6 Å². The number of furan rings is 1. The Morgan fingerprint density at radius 1 is 1.24 bits per heavy atom. The molecule has 0 saturated carbocycles. The molecule has 4 rings (SSSR count). The molecule has 0 radical (unpaired) electrons. The number of fused-ring (bicyclic) bond motifs is 1. The minimum Gasteiger partial charge on any atom is -0.467 e. The first-order valence-electron chi connectivity index (χ1n) is 10.2. The number of ether oxygens (including phenoxy) is 1. The number of hydrogen-bond acceptors (Lipinski definition) is 6. The number of nitrogens with zero attached hydrogens (tertiary/aromatic N) is 2.